The van der Waals surface area contributed by atoms with Gasteiger partial charge < -0.3 is 4.57 Å². The molecule has 5 rings (SSSR count). The van der Waals surface area contributed by atoms with Crippen LogP contribution in [0.4, 0.5) is 0 Å². The molecule has 0 fully saturated rings. The normalized spacial score (nSPS) is 11.4. The monoisotopic (exact) mass is 393 g/mol. The number of aryl methyl sites for hydroxylation is 3. The number of hydrogen-bond donors (Lipinski definition) is 0. The van der Waals surface area contributed by atoms with E-state index in [1.807, 2.05) is 36.4 Å². The largest absolute Gasteiger partial charge is 0.330 e. The Labute approximate surface area is 175 Å². The molecule has 0 saturated heterocycles. The van der Waals surface area contributed by atoms with Crippen LogP contribution in [-0.4, -0.2) is 14.1 Å². The predicted octanol–water partition coefficient (Wildman–Crippen LogP) is 4.95. The van der Waals surface area contributed by atoms with Gasteiger partial charge in [0.25, 0.3) is 5.56 Å². The third kappa shape index (κ3) is 3.30. The minimum Gasteiger partial charge on any atom is -0.330 e. The van der Waals surface area contributed by atoms with E-state index in [1.54, 1.807) is 10.9 Å². The molecule has 0 radical (unpaired) electrons. The quantitative estimate of drug-likeness (QED) is 0.424. The fraction of sp³-hybridized carbons (Fsp3) is 0.154. The topological polar surface area (TPSA) is 39.8 Å². The Morgan fingerprint density at radius 3 is 2.47 bits per heavy atom. The molecule has 2 aromatic heterocycles. The van der Waals surface area contributed by atoms with Crippen molar-refractivity contribution in [2.24, 2.45) is 0 Å². The highest BCUT2D eigenvalue weighted by Gasteiger charge is 2.16. The maximum Gasteiger partial charge on any atom is 0.277 e. The maximum absolute atomic E-state index is 13.5. The van der Waals surface area contributed by atoms with Gasteiger partial charge in [0.15, 0.2) is 0 Å². The Kier molecular flexibility index (Phi) is 4.68. The first-order valence-electron chi connectivity index (χ1n) is 10.3. The van der Waals surface area contributed by atoms with Crippen LogP contribution >= 0.6 is 0 Å². The molecule has 0 unspecified atom stereocenters. The summed E-state index contributed by atoms with van der Waals surface area (Å²) >= 11 is 0. The van der Waals surface area contributed by atoms with Crippen molar-refractivity contribution in [3.63, 3.8) is 0 Å². The lowest BCUT2D eigenvalue weighted by Crippen LogP contribution is -2.23. The molecule has 0 amide bonds. The summed E-state index contributed by atoms with van der Waals surface area (Å²) in [7, 11) is 0. The van der Waals surface area contributed by atoms with E-state index >= 15 is 0 Å². The van der Waals surface area contributed by atoms with Gasteiger partial charge in [-0.25, -0.2) is 4.98 Å². The zero-order valence-corrected chi connectivity index (χ0v) is 17.0. The van der Waals surface area contributed by atoms with Gasteiger partial charge in [0, 0.05) is 18.5 Å². The van der Waals surface area contributed by atoms with Crippen LogP contribution in [0.2, 0.25) is 0 Å². The van der Waals surface area contributed by atoms with Crippen molar-refractivity contribution in [1.29, 1.82) is 0 Å². The number of hydrogen-bond acceptors (Lipinski definition) is 2. The van der Waals surface area contributed by atoms with Crippen molar-refractivity contribution < 1.29 is 0 Å². The Morgan fingerprint density at radius 2 is 1.63 bits per heavy atom. The van der Waals surface area contributed by atoms with E-state index in [-0.39, 0.29) is 5.56 Å². The smallest absolute Gasteiger partial charge is 0.277 e. The van der Waals surface area contributed by atoms with E-state index in [0.29, 0.717) is 18.6 Å². The number of para-hydroxylation sites is 1. The number of aromatic nitrogens is 3. The molecule has 5 aromatic rings. The molecule has 0 bridgehead atoms. The van der Waals surface area contributed by atoms with Crippen LogP contribution in [0.5, 0.6) is 0 Å². The summed E-state index contributed by atoms with van der Waals surface area (Å²) in [6.45, 7) is 3.34. The summed E-state index contributed by atoms with van der Waals surface area (Å²) in [4.78, 5) is 18.2. The highest BCUT2D eigenvalue weighted by molar-refractivity contribution is 6.05. The van der Waals surface area contributed by atoms with Crippen LogP contribution in [0.1, 0.15) is 16.7 Å². The second kappa shape index (κ2) is 7.64. The fourth-order valence-electron chi connectivity index (χ4n) is 4.16. The minimum absolute atomic E-state index is 0.0137. The molecule has 4 nitrogen and oxygen atoms in total. The highest BCUT2D eigenvalue weighted by Crippen LogP contribution is 2.26. The van der Waals surface area contributed by atoms with Gasteiger partial charge in [-0.15, -0.1) is 0 Å². The molecule has 3 aromatic carbocycles. The SMILES string of the molecule is Cc1cccc(Cn2c3ccccc3c3ncn(CCc4ccccc4)c(=O)c32)c1. The summed E-state index contributed by atoms with van der Waals surface area (Å²) in [6, 6.07) is 26.8. The lowest BCUT2D eigenvalue weighted by Gasteiger charge is -2.10. The lowest BCUT2D eigenvalue weighted by molar-refractivity contribution is 0.658. The van der Waals surface area contributed by atoms with Crippen LogP contribution in [0.3, 0.4) is 0 Å². The number of fused-ring (bicyclic) bond motifs is 3. The number of benzene rings is 3. The first-order valence-corrected chi connectivity index (χ1v) is 10.3. The third-order valence-corrected chi connectivity index (χ3v) is 5.64. The highest BCUT2D eigenvalue weighted by atomic mass is 16.1. The zero-order valence-electron chi connectivity index (χ0n) is 17.0. The number of nitrogens with zero attached hydrogens (tertiary/aromatic N) is 3. The summed E-state index contributed by atoms with van der Waals surface area (Å²) in [5.41, 5.74) is 6.11. The van der Waals surface area contributed by atoms with Crippen molar-refractivity contribution in [2.45, 2.75) is 26.4 Å². The zero-order chi connectivity index (χ0) is 20.5. The van der Waals surface area contributed by atoms with Gasteiger partial charge >= 0.3 is 0 Å². The first kappa shape index (κ1) is 18.4. The summed E-state index contributed by atoms with van der Waals surface area (Å²) < 4.78 is 3.86. The van der Waals surface area contributed by atoms with Crippen LogP contribution in [0.25, 0.3) is 21.9 Å². The molecule has 0 aliphatic rings. The molecular weight excluding hydrogens is 370 g/mol. The fourth-order valence-corrected chi connectivity index (χ4v) is 4.16. The molecule has 0 N–H and O–H groups in total. The summed E-state index contributed by atoms with van der Waals surface area (Å²) in [5.74, 6) is 0. The van der Waals surface area contributed by atoms with E-state index in [4.69, 9.17) is 4.98 Å². The van der Waals surface area contributed by atoms with Gasteiger partial charge in [-0.1, -0.05) is 78.4 Å². The van der Waals surface area contributed by atoms with Crippen molar-refractivity contribution >= 4 is 21.9 Å². The van der Waals surface area contributed by atoms with Gasteiger partial charge in [0.05, 0.1) is 11.8 Å². The van der Waals surface area contributed by atoms with Crippen molar-refractivity contribution in [1.82, 2.24) is 14.1 Å². The predicted molar refractivity (Wildman–Crippen MR) is 122 cm³/mol. The van der Waals surface area contributed by atoms with Crippen LogP contribution in [0, 0.1) is 6.92 Å². The van der Waals surface area contributed by atoms with Crippen molar-refractivity contribution in [3.05, 3.63) is 112 Å². The molecule has 0 aliphatic heterocycles. The standard InChI is InChI=1S/C26H23N3O/c1-19-8-7-11-21(16-19)17-29-23-13-6-5-12-22(23)24-25(29)26(30)28(18-27-24)15-14-20-9-3-2-4-10-20/h2-13,16,18H,14-15,17H2,1H3. The van der Waals surface area contributed by atoms with Crippen LogP contribution < -0.4 is 5.56 Å². The van der Waals surface area contributed by atoms with E-state index in [2.05, 4.69) is 54.0 Å². The molecule has 30 heavy (non-hydrogen) atoms. The van der Waals surface area contributed by atoms with E-state index < -0.39 is 0 Å². The average molecular weight is 393 g/mol. The Morgan fingerprint density at radius 1 is 0.867 bits per heavy atom. The molecular formula is C26H23N3O. The van der Waals surface area contributed by atoms with Gasteiger partial charge in [-0.2, -0.15) is 0 Å². The van der Waals surface area contributed by atoms with E-state index in [0.717, 1.165) is 22.8 Å². The maximum atomic E-state index is 13.5. The molecule has 0 saturated carbocycles. The Hall–Kier alpha value is -3.66. The second-order valence-electron chi connectivity index (χ2n) is 7.77. The van der Waals surface area contributed by atoms with E-state index in [9.17, 15) is 4.79 Å². The summed E-state index contributed by atoms with van der Waals surface area (Å²) in [6.07, 6.45) is 2.49. The van der Waals surface area contributed by atoms with Gasteiger partial charge in [0.2, 0.25) is 0 Å². The van der Waals surface area contributed by atoms with Gasteiger partial charge in [-0.05, 0) is 30.5 Å². The molecule has 2 heterocycles. The lowest BCUT2D eigenvalue weighted by atomic mass is 10.1. The average Bonchev–Trinajstić information content (AvgIpc) is 3.08. The Bertz CT molecular complexity index is 1400. The van der Waals surface area contributed by atoms with Gasteiger partial charge in [-0.3, -0.25) is 9.36 Å². The molecule has 0 spiro atoms. The van der Waals surface area contributed by atoms with Crippen molar-refractivity contribution in [3.8, 4) is 0 Å². The second-order valence-corrected chi connectivity index (χ2v) is 7.77. The molecule has 4 heteroatoms. The van der Waals surface area contributed by atoms with Crippen molar-refractivity contribution in [2.75, 3.05) is 0 Å². The van der Waals surface area contributed by atoms with E-state index in [1.165, 1.54) is 16.7 Å². The molecule has 0 aliphatic carbocycles. The molecule has 148 valence electrons. The van der Waals surface area contributed by atoms with Gasteiger partial charge in [0.1, 0.15) is 11.0 Å². The minimum atomic E-state index is 0.0137. The number of rotatable bonds is 5. The third-order valence-electron chi connectivity index (χ3n) is 5.64. The Balaban J connectivity index is 1.63. The first-order chi connectivity index (χ1) is 14.7. The molecule has 0 atom stereocenters. The summed E-state index contributed by atoms with van der Waals surface area (Å²) in [5, 5.41) is 1.02. The van der Waals surface area contributed by atoms with Crippen LogP contribution in [0.15, 0.2) is 90.0 Å². The van der Waals surface area contributed by atoms with Crippen LogP contribution in [-0.2, 0) is 19.5 Å².